The van der Waals surface area contributed by atoms with Crippen LogP contribution in [0, 0.1) is 0 Å². The highest BCUT2D eigenvalue weighted by molar-refractivity contribution is 6.08. The second-order valence-electron chi connectivity index (χ2n) is 5.60. The average Bonchev–Trinajstić information content (AvgIpc) is 3.01. The summed E-state index contributed by atoms with van der Waals surface area (Å²) in [7, 11) is 1.91. The Kier molecular flexibility index (Phi) is 6.09. The monoisotopic (exact) mass is 346 g/mol. The zero-order chi connectivity index (χ0) is 17.5. The van der Waals surface area contributed by atoms with Crippen LogP contribution in [0.1, 0.15) is 0 Å². The van der Waals surface area contributed by atoms with E-state index in [2.05, 4.69) is 22.4 Å². The maximum absolute atomic E-state index is 11.8. The summed E-state index contributed by atoms with van der Waals surface area (Å²) < 4.78 is 28.0. The lowest BCUT2D eigenvalue weighted by atomic mass is 10.1. The molecule has 2 aromatic carbocycles. The molecule has 0 atom stereocenters. The number of aromatic nitrogens is 1. The number of anilines is 1. The Morgan fingerprint density at radius 1 is 0.880 bits per heavy atom. The largest absolute Gasteiger partial charge is 0.491 e. The van der Waals surface area contributed by atoms with Crippen molar-refractivity contribution in [2.45, 2.75) is 0 Å². The molecule has 0 radical (unpaired) electrons. The Bertz CT molecular complexity index is 819. The highest BCUT2D eigenvalue weighted by atomic mass is 19.1. The Morgan fingerprint density at radius 3 is 2.32 bits per heavy atom. The quantitative estimate of drug-likeness (QED) is 0.549. The summed E-state index contributed by atoms with van der Waals surface area (Å²) >= 11 is 0. The van der Waals surface area contributed by atoms with Crippen LogP contribution in [0.4, 0.5) is 10.1 Å². The molecule has 0 saturated carbocycles. The number of hydrogen-bond donors (Lipinski definition) is 2. The summed E-state index contributed by atoms with van der Waals surface area (Å²) in [4.78, 5) is 3.41. The van der Waals surface area contributed by atoms with Crippen molar-refractivity contribution in [1.29, 1.82) is 0 Å². The van der Waals surface area contributed by atoms with Crippen LogP contribution in [0.5, 0.6) is 5.75 Å². The molecule has 0 saturated heterocycles. The van der Waals surface area contributed by atoms with E-state index in [4.69, 9.17) is 14.2 Å². The highest BCUT2D eigenvalue weighted by Gasteiger charge is 2.06. The molecule has 0 aliphatic carbocycles. The van der Waals surface area contributed by atoms with E-state index < -0.39 is 6.67 Å². The first kappa shape index (κ1) is 17.5. The fraction of sp³-hybridized carbons (Fsp3) is 0.368. The van der Waals surface area contributed by atoms with E-state index in [9.17, 15) is 4.39 Å². The summed E-state index contributed by atoms with van der Waals surface area (Å²) in [5, 5.41) is 5.45. The molecule has 0 bridgehead atoms. The zero-order valence-corrected chi connectivity index (χ0v) is 14.3. The van der Waals surface area contributed by atoms with Crippen molar-refractivity contribution in [3.63, 3.8) is 0 Å². The molecular weight excluding hydrogens is 323 g/mol. The molecule has 1 aromatic heterocycles. The predicted molar refractivity (Wildman–Crippen MR) is 98.5 cm³/mol. The molecule has 0 aliphatic rings. The van der Waals surface area contributed by atoms with Crippen molar-refractivity contribution < 1.29 is 18.6 Å². The molecule has 3 aromatic rings. The third kappa shape index (κ3) is 4.41. The van der Waals surface area contributed by atoms with Gasteiger partial charge in [0.1, 0.15) is 19.0 Å². The average molecular weight is 346 g/mol. The topological polar surface area (TPSA) is 55.5 Å². The van der Waals surface area contributed by atoms with E-state index in [0.29, 0.717) is 26.4 Å². The number of rotatable bonds is 10. The van der Waals surface area contributed by atoms with Crippen LogP contribution < -0.4 is 10.1 Å². The van der Waals surface area contributed by atoms with E-state index in [1.54, 1.807) is 0 Å². The van der Waals surface area contributed by atoms with Crippen LogP contribution in [0.25, 0.3) is 21.8 Å². The number of ether oxygens (including phenoxy) is 3. The lowest BCUT2D eigenvalue weighted by Crippen LogP contribution is -2.11. The molecule has 0 unspecified atom stereocenters. The molecule has 0 aliphatic heterocycles. The standard InChI is InChI=1S/C19H23FN2O3/c1-21-14-2-4-18-16(12-14)17-13-15(3-5-19(17)22-18)25-11-10-24-9-8-23-7-6-20/h2-5,12-13,21-22H,6-11H2,1H3. The summed E-state index contributed by atoms with van der Waals surface area (Å²) in [5.41, 5.74) is 3.25. The Labute approximate surface area is 146 Å². The second-order valence-corrected chi connectivity index (χ2v) is 5.60. The predicted octanol–water partition coefficient (Wildman–Crippen LogP) is 3.74. The molecule has 6 heteroatoms. The van der Waals surface area contributed by atoms with Gasteiger partial charge >= 0.3 is 0 Å². The first-order valence-electron chi connectivity index (χ1n) is 8.39. The van der Waals surface area contributed by atoms with Gasteiger partial charge in [-0.2, -0.15) is 0 Å². The second kappa shape index (κ2) is 8.69. The number of alkyl halides is 1. The fourth-order valence-corrected chi connectivity index (χ4v) is 2.72. The van der Waals surface area contributed by atoms with Gasteiger partial charge in [0.15, 0.2) is 0 Å². The van der Waals surface area contributed by atoms with Crippen LogP contribution in [0.2, 0.25) is 0 Å². The van der Waals surface area contributed by atoms with Crippen LogP contribution in [-0.2, 0) is 9.47 Å². The van der Waals surface area contributed by atoms with Gasteiger partial charge in [0.05, 0.1) is 26.4 Å². The maximum Gasteiger partial charge on any atom is 0.120 e. The van der Waals surface area contributed by atoms with Gasteiger partial charge in [0.2, 0.25) is 0 Å². The van der Waals surface area contributed by atoms with Gasteiger partial charge in [-0.3, -0.25) is 0 Å². The van der Waals surface area contributed by atoms with E-state index in [-0.39, 0.29) is 6.61 Å². The number of H-pyrrole nitrogens is 1. The van der Waals surface area contributed by atoms with Crippen molar-refractivity contribution in [3.05, 3.63) is 36.4 Å². The lowest BCUT2D eigenvalue weighted by molar-refractivity contribution is 0.0325. The Balaban J connectivity index is 1.58. The van der Waals surface area contributed by atoms with Crippen LogP contribution in [0.3, 0.4) is 0 Å². The van der Waals surface area contributed by atoms with Crippen molar-refractivity contribution >= 4 is 27.5 Å². The van der Waals surface area contributed by atoms with Crippen LogP contribution >= 0.6 is 0 Å². The van der Waals surface area contributed by atoms with E-state index in [0.717, 1.165) is 33.2 Å². The molecule has 5 nitrogen and oxygen atoms in total. The smallest absolute Gasteiger partial charge is 0.120 e. The minimum Gasteiger partial charge on any atom is -0.491 e. The molecule has 3 rings (SSSR count). The van der Waals surface area contributed by atoms with Crippen molar-refractivity contribution in [3.8, 4) is 5.75 Å². The summed E-state index contributed by atoms with van der Waals surface area (Å²) in [6.45, 7) is 1.43. The number of halogens is 1. The molecule has 0 spiro atoms. The van der Waals surface area contributed by atoms with Crippen molar-refractivity contribution in [2.24, 2.45) is 0 Å². The van der Waals surface area contributed by atoms with Gasteiger partial charge < -0.3 is 24.5 Å². The zero-order valence-electron chi connectivity index (χ0n) is 14.3. The van der Waals surface area contributed by atoms with Gasteiger partial charge in [0, 0.05) is 34.5 Å². The Hall–Kier alpha value is -2.31. The van der Waals surface area contributed by atoms with Gasteiger partial charge in [-0.15, -0.1) is 0 Å². The SMILES string of the molecule is CNc1ccc2[nH]c3ccc(OCCOCCOCCF)cc3c2c1. The van der Waals surface area contributed by atoms with Gasteiger partial charge in [-0.1, -0.05) is 0 Å². The van der Waals surface area contributed by atoms with Crippen LogP contribution in [-0.4, -0.2) is 51.7 Å². The number of aromatic amines is 1. The lowest BCUT2D eigenvalue weighted by Gasteiger charge is -2.07. The summed E-state index contributed by atoms with van der Waals surface area (Å²) in [5.74, 6) is 0.806. The number of hydrogen-bond acceptors (Lipinski definition) is 4. The third-order valence-corrected chi connectivity index (χ3v) is 3.95. The van der Waals surface area contributed by atoms with Gasteiger partial charge in [-0.05, 0) is 36.4 Å². The van der Waals surface area contributed by atoms with Crippen molar-refractivity contribution in [1.82, 2.24) is 4.98 Å². The molecule has 0 amide bonds. The minimum absolute atomic E-state index is 0.125. The maximum atomic E-state index is 11.8. The summed E-state index contributed by atoms with van der Waals surface area (Å²) in [6, 6.07) is 12.2. The van der Waals surface area contributed by atoms with E-state index in [1.807, 2.05) is 31.3 Å². The van der Waals surface area contributed by atoms with E-state index in [1.165, 1.54) is 0 Å². The van der Waals surface area contributed by atoms with Gasteiger partial charge in [-0.25, -0.2) is 4.39 Å². The highest BCUT2D eigenvalue weighted by Crippen LogP contribution is 2.30. The molecule has 1 heterocycles. The minimum atomic E-state index is -0.463. The molecular formula is C19H23FN2O3. The fourth-order valence-electron chi connectivity index (χ4n) is 2.72. The molecule has 0 fully saturated rings. The first-order chi connectivity index (χ1) is 12.3. The summed E-state index contributed by atoms with van der Waals surface area (Å²) in [6.07, 6.45) is 0. The van der Waals surface area contributed by atoms with Gasteiger partial charge in [0.25, 0.3) is 0 Å². The number of benzene rings is 2. The number of nitrogens with one attached hydrogen (secondary N) is 2. The first-order valence-corrected chi connectivity index (χ1v) is 8.39. The number of fused-ring (bicyclic) bond motifs is 3. The van der Waals surface area contributed by atoms with Crippen molar-refractivity contribution in [2.75, 3.05) is 52.1 Å². The Morgan fingerprint density at radius 2 is 1.56 bits per heavy atom. The third-order valence-electron chi connectivity index (χ3n) is 3.95. The molecule has 2 N–H and O–H groups in total. The normalized spacial score (nSPS) is 11.3. The van der Waals surface area contributed by atoms with Crippen LogP contribution in [0.15, 0.2) is 36.4 Å². The molecule has 25 heavy (non-hydrogen) atoms. The molecule has 134 valence electrons. The van der Waals surface area contributed by atoms with E-state index >= 15 is 0 Å².